The third-order valence-corrected chi connectivity index (χ3v) is 3.24. The van der Waals surface area contributed by atoms with Gasteiger partial charge in [-0.05, 0) is 36.2 Å². The van der Waals surface area contributed by atoms with Crippen LogP contribution >= 0.6 is 0 Å². The van der Waals surface area contributed by atoms with E-state index in [4.69, 9.17) is 9.84 Å². The molecule has 0 saturated carbocycles. The molecule has 0 saturated heterocycles. The third-order valence-electron chi connectivity index (χ3n) is 3.24. The van der Waals surface area contributed by atoms with Gasteiger partial charge in [0.05, 0.1) is 12.8 Å². The monoisotopic (exact) mass is 289 g/mol. The minimum atomic E-state index is -0.774. The Labute approximate surface area is 123 Å². The summed E-state index contributed by atoms with van der Waals surface area (Å²) in [5.74, 6) is 0.833. The number of benzene rings is 1. The first-order valence-corrected chi connectivity index (χ1v) is 6.73. The number of ether oxygens (including phenoxy) is 1. The van der Waals surface area contributed by atoms with Crippen LogP contribution in [-0.4, -0.2) is 42.0 Å². The molecule has 0 aliphatic carbocycles. The summed E-state index contributed by atoms with van der Waals surface area (Å²) < 4.78 is 5.13. The molecule has 112 valence electrons. The molecule has 1 aromatic carbocycles. The van der Waals surface area contributed by atoms with Gasteiger partial charge in [0.15, 0.2) is 5.82 Å². The Morgan fingerprint density at radius 2 is 2.10 bits per heavy atom. The fraction of sp³-hybridized carbons (Fsp3) is 0.333. The highest BCUT2D eigenvalue weighted by Crippen LogP contribution is 2.23. The van der Waals surface area contributed by atoms with Crippen LogP contribution in [0.4, 0.5) is 5.82 Å². The first kappa shape index (κ1) is 14.9. The molecule has 2 rings (SSSR count). The Kier molecular flexibility index (Phi) is 4.81. The molecular weight excluding hydrogens is 270 g/mol. The summed E-state index contributed by atoms with van der Waals surface area (Å²) in [4.78, 5) is 12.4. The molecule has 2 N–H and O–H groups in total. The van der Waals surface area contributed by atoms with Crippen molar-refractivity contribution in [1.29, 1.82) is 0 Å². The van der Waals surface area contributed by atoms with Gasteiger partial charge in [0.2, 0.25) is 0 Å². The number of aromatic amines is 1. The Morgan fingerprint density at radius 3 is 2.71 bits per heavy atom. The van der Waals surface area contributed by atoms with Crippen molar-refractivity contribution < 1.29 is 14.6 Å². The lowest BCUT2D eigenvalue weighted by Gasteiger charge is -2.14. The number of aromatic nitrogens is 2. The van der Waals surface area contributed by atoms with E-state index in [2.05, 4.69) is 10.2 Å². The van der Waals surface area contributed by atoms with Gasteiger partial charge in [-0.2, -0.15) is 5.10 Å². The number of rotatable bonds is 7. The van der Waals surface area contributed by atoms with Crippen LogP contribution in [0, 0.1) is 0 Å². The van der Waals surface area contributed by atoms with Gasteiger partial charge in [-0.1, -0.05) is 0 Å². The zero-order chi connectivity index (χ0) is 15.2. The van der Waals surface area contributed by atoms with Crippen LogP contribution in [0.3, 0.4) is 0 Å². The van der Waals surface area contributed by atoms with Crippen molar-refractivity contribution in [3.8, 4) is 17.0 Å². The molecule has 21 heavy (non-hydrogen) atoms. The maximum Gasteiger partial charge on any atom is 0.303 e. The lowest BCUT2D eigenvalue weighted by molar-refractivity contribution is -0.137. The van der Waals surface area contributed by atoms with Crippen LogP contribution in [0.2, 0.25) is 0 Å². The van der Waals surface area contributed by atoms with Crippen molar-refractivity contribution in [1.82, 2.24) is 10.2 Å². The number of H-pyrrole nitrogens is 1. The van der Waals surface area contributed by atoms with Crippen LogP contribution in [-0.2, 0) is 4.79 Å². The Hall–Kier alpha value is -2.50. The van der Waals surface area contributed by atoms with E-state index in [9.17, 15) is 4.79 Å². The third kappa shape index (κ3) is 3.98. The number of nitrogens with zero attached hydrogens (tertiary/aromatic N) is 2. The average Bonchev–Trinajstić information content (AvgIpc) is 2.97. The summed E-state index contributed by atoms with van der Waals surface area (Å²) >= 11 is 0. The number of hydrogen-bond acceptors (Lipinski definition) is 4. The van der Waals surface area contributed by atoms with E-state index >= 15 is 0 Å². The summed E-state index contributed by atoms with van der Waals surface area (Å²) in [7, 11) is 3.53. The van der Waals surface area contributed by atoms with E-state index in [0.717, 1.165) is 22.8 Å². The fourth-order valence-corrected chi connectivity index (χ4v) is 2.01. The molecule has 0 radical (unpaired) electrons. The van der Waals surface area contributed by atoms with Gasteiger partial charge in [-0.3, -0.25) is 9.89 Å². The predicted molar refractivity (Wildman–Crippen MR) is 80.7 cm³/mol. The van der Waals surface area contributed by atoms with Crippen molar-refractivity contribution in [3.05, 3.63) is 30.3 Å². The second-order valence-corrected chi connectivity index (χ2v) is 4.79. The summed E-state index contributed by atoms with van der Waals surface area (Å²) in [6, 6.07) is 9.66. The highest BCUT2D eigenvalue weighted by molar-refractivity contribution is 5.67. The van der Waals surface area contributed by atoms with Crippen molar-refractivity contribution in [3.63, 3.8) is 0 Å². The van der Waals surface area contributed by atoms with E-state index in [1.54, 1.807) is 7.11 Å². The molecule has 0 spiro atoms. The van der Waals surface area contributed by atoms with Crippen molar-refractivity contribution in [2.75, 3.05) is 25.6 Å². The lowest BCUT2D eigenvalue weighted by Crippen LogP contribution is -2.19. The predicted octanol–water partition coefficient (Wildman–Crippen LogP) is 2.39. The standard InChI is InChI=1S/C15H19N3O3/c1-18(9-3-4-15(19)20)14-10-13(16-17-14)11-5-7-12(21-2)8-6-11/h5-8,10H,3-4,9H2,1-2H3,(H,16,17)(H,19,20). The van der Waals surface area contributed by atoms with E-state index < -0.39 is 5.97 Å². The Bertz CT molecular complexity index is 592. The maximum atomic E-state index is 10.5. The minimum Gasteiger partial charge on any atom is -0.497 e. The molecule has 0 bridgehead atoms. The number of methoxy groups -OCH3 is 1. The van der Waals surface area contributed by atoms with Gasteiger partial charge >= 0.3 is 5.97 Å². The molecule has 0 aliphatic rings. The van der Waals surface area contributed by atoms with Gasteiger partial charge in [-0.25, -0.2) is 0 Å². The molecule has 0 unspecified atom stereocenters. The summed E-state index contributed by atoms with van der Waals surface area (Å²) in [5.41, 5.74) is 1.94. The van der Waals surface area contributed by atoms with Gasteiger partial charge in [0, 0.05) is 26.1 Å². The van der Waals surface area contributed by atoms with Crippen LogP contribution in [0.5, 0.6) is 5.75 Å². The van der Waals surface area contributed by atoms with Gasteiger partial charge in [0.1, 0.15) is 5.75 Å². The van der Waals surface area contributed by atoms with E-state index in [-0.39, 0.29) is 6.42 Å². The topological polar surface area (TPSA) is 78.4 Å². The number of carbonyl (C=O) groups is 1. The molecule has 2 aromatic rings. The number of anilines is 1. The molecule has 6 heteroatoms. The molecule has 0 fully saturated rings. The first-order valence-electron chi connectivity index (χ1n) is 6.73. The largest absolute Gasteiger partial charge is 0.497 e. The van der Waals surface area contributed by atoms with Gasteiger partial charge in [0.25, 0.3) is 0 Å². The van der Waals surface area contributed by atoms with Crippen molar-refractivity contribution in [2.24, 2.45) is 0 Å². The molecule has 0 aliphatic heterocycles. The molecule has 1 heterocycles. The van der Waals surface area contributed by atoms with E-state index in [1.807, 2.05) is 42.3 Å². The van der Waals surface area contributed by atoms with E-state index in [1.165, 1.54) is 0 Å². The summed E-state index contributed by atoms with van der Waals surface area (Å²) in [5, 5.41) is 15.9. The van der Waals surface area contributed by atoms with Crippen molar-refractivity contribution >= 4 is 11.8 Å². The summed E-state index contributed by atoms with van der Waals surface area (Å²) in [6.07, 6.45) is 0.761. The average molecular weight is 289 g/mol. The van der Waals surface area contributed by atoms with E-state index in [0.29, 0.717) is 13.0 Å². The fourth-order valence-electron chi connectivity index (χ4n) is 2.01. The first-order chi connectivity index (χ1) is 10.1. The quantitative estimate of drug-likeness (QED) is 0.818. The normalized spacial score (nSPS) is 10.4. The SMILES string of the molecule is COc1ccc(-c2cc(N(C)CCCC(=O)O)n[nH]2)cc1. The molecule has 0 amide bonds. The Balaban J connectivity index is 2.01. The second kappa shape index (κ2) is 6.78. The zero-order valence-corrected chi connectivity index (χ0v) is 12.2. The number of carboxylic acid groups (broad SMARTS) is 1. The minimum absolute atomic E-state index is 0.167. The second-order valence-electron chi connectivity index (χ2n) is 4.79. The molecule has 0 atom stereocenters. The highest BCUT2D eigenvalue weighted by Gasteiger charge is 2.08. The number of hydrogen-bond donors (Lipinski definition) is 2. The zero-order valence-electron chi connectivity index (χ0n) is 12.2. The van der Waals surface area contributed by atoms with Gasteiger partial charge in [-0.15, -0.1) is 0 Å². The number of nitrogens with one attached hydrogen (secondary N) is 1. The van der Waals surface area contributed by atoms with Crippen LogP contribution in [0.15, 0.2) is 30.3 Å². The van der Waals surface area contributed by atoms with Crippen LogP contribution in [0.1, 0.15) is 12.8 Å². The van der Waals surface area contributed by atoms with Crippen molar-refractivity contribution in [2.45, 2.75) is 12.8 Å². The molecular formula is C15H19N3O3. The smallest absolute Gasteiger partial charge is 0.303 e. The Morgan fingerprint density at radius 1 is 1.38 bits per heavy atom. The number of carboxylic acids is 1. The molecule has 6 nitrogen and oxygen atoms in total. The molecule has 1 aromatic heterocycles. The highest BCUT2D eigenvalue weighted by atomic mass is 16.5. The maximum absolute atomic E-state index is 10.5. The summed E-state index contributed by atoms with van der Waals surface area (Å²) in [6.45, 7) is 0.652. The van der Waals surface area contributed by atoms with Crippen LogP contribution in [0.25, 0.3) is 11.3 Å². The lowest BCUT2D eigenvalue weighted by atomic mass is 10.1. The van der Waals surface area contributed by atoms with Gasteiger partial charge < -0.3 is 14.7 Å². The van der Waals surface area contributed by atoms with Crippen LogP contribution < -0.4 is 9.64 Å². The number of aliphatic carboxylic acids is 1.